The van der Waals surface area contributed by atoms with Gasteiger partial charge in [0.1, 0.15) is 16.0 Å². The van der Waals surface area contributed by atoms with Gasteiger partial charge in [0.15, 0.2) is 0 Å². The average molecular weight is 308 g/mol. The molecular formula is C12H15Cl2NO2S. The van der Waals surface area contributed by atoms with Gasteiger partial charge in [0.25, 0.3) is 0 Å². The van der Waals surface area contributed by atoms with E-state index in [2.05, 4.69) is 12.2 Å². The Morgan fingerprint density at radius 1 is 1.50 bits per heavy atom. The van der Waals surface area contributed by atoms with Crippen LogP contribution in [0.2, 0.25) is 9.36 Å². The van der Waals surface area contributed by atoms with E-state index in [1.165, 1.54) is 11.3 Å². The monoisotopic (exact) mass is 307 g/mol. The Hall–Kier alpha value is 0.160. The molecule has 1 saturated heterocycles. The van der Waals surface area contributed by atoms with Gasteiger partial charge in [0.2, 0.25) is 0 Å². The van der Waals surface area contributed by atoms with Gasteiger partial charge in [-0.25, -0.2) is 0 Å². The zero-order valence-corrected chi connectivity index (χ0v) is 12.3. The fourth-order valence-electron chi connectivity index (χ4n) is 2.94. The van der Waals surface area contributed by atoms with Gasteiger partial charge in [0.05, 0.1) is 11.6 Å². The lowest BCUT2D eigenvalue weighted by molar-refractivity contribution is -0.121. The highest BCUT2D eigenvalue weighted by Gasteiger charge is 2.46. The smallest absolute Gasteiger partial charge is 0.112 e. The van der Waals surface area contributed by atoms with E-state index < -0.39 is 6.10 Å². The number of ether oxygens (including phenoxy) is 1. The molecule has 0 amide bonds. The van der Waals surface area contributed by atoms with Crippen LogP contribution in [-0.2, 0) is 10.3 Å². The maximum atomic E-state index is 10.1. The van der Waals surface area contributed by atoms with E-state index in [1.54, 1.807) is 0 Å². The van der Waals surface area contributed by atoms with E-state index in [4.69, 9.17) is 27.9 Å². The van der Waals surface area contributed by atoms with Crippen molar-refractivity contribution in [1.29, 1.82) is 0 Å². The minimum absolute atomic E-state index is 0.298. The highest BCUT2D eigenvalue weighted by atomic mass is 35.5. The van der Waals surface area contributed by atoms with Gasteiger partial charge in [-0.05, 0) is 26.3 Å². The molecule has 3 heterocycles. The van der Waals surface area contributed by atoms with Crippen molar-refractivity contribution < 1.29 is 9.84 Å². The standard InChI is InChI=1S/C12H15Cl2NO2S/c1-6-4-12(2-3-15-6)10-8(7(16)5-17-12)9(13)11(14)18-10/h6-7,15-16H,2-5H2,1H3/t6-,7?,12-/m0/s1. The summed E-state index contributed by atoms with van der Waals surface area (Å²) in [6.07, 6.45) is 1.12. The van der Waals surface area contributed by atoms with Crippen molar-refractivity contribution in [1.82, 2.24) is 5.32 Å². The number of rotatable bonds is 0. The average Bonchev–Trinajstić information content (AvgIpc) is 2.63. The highest BCUT2D eigenvalue weighted by Crippen LogP contribution is 2.52. The molecule has 1 fully saturated rings. The molecule has 3 rings (SSSR count). The lowest BCUT2D eigenvalue weighted by Crippen LogP contribution is -2.48. The SMILES string of the molecule is C[C@H]1C[C@]2(CCN1)OCC(O)c1c2sc(Cl)c1Cl. The third kappa shape index (κ3) is 1.90. The van der Waals surface area contributed by atoms with Crippen LogP contribution in [0, 0.1) is 0 Å². The molecule has 0 bridgehead atoms. The van der Waals surface area contributed by atoms with Crippen LogP contribution in [0.4, 0.5) is 0 Å². The summed E-state index contributed by atoms with van der Waals surface area (Å²) in [7, 11) is 0. The molecule has 1 unspecified atom stereocenters. The molecule has 3 atom stereocenters. The molecule has 1 aromatic heterocycles. The van der Waals surface area contributed by atoms with E-state index in [9.17, 15) is 5.11 Å². The molecule has 2 aliphatic heterocycles. The normalized spacial score (nSPS) is 35.8. The zero-order chi connectivity index (χ0) is 12.9. The molecule has 18 heavy (non-hydrogen) atoms. The highest BCUT2D eigenvalue weighted by molar-refractivity contribution is 7.17. The van der Waals surface area contributed by atoms with E-state index in [1.807, 2.05) is 0 Å². The van der Waals surface area contributed by atoms with Crippen LogP contribution in [0.25, 0.3) is 0 Å². The number of nitrogens with one attached hydrogen (secondary N) is 1. The van der Waals surface area contributed by atoms with Gasteiger partial charge in [-0.1, -0.05) is 23.2 Å². The van der Waals surface area contributed by atoms with Crippen molar-refractivity contribution in [3.63, 3.8) is 0 Å². The number of piperidine rings is 1. The Labute approximate surface area is 120 Å². The van der Waals surface area contributed by atoms with Crippen molar-refractivity contribution in [3.05, 3.63) is 19.8 Å². The van der Waals surface area contributed by atoms with Gasteiger partial charge in [0, 0.05) is 16.5 Å². The van der Waals surface area contributed by atoms with Crippen LogP contribution in [0.3, 0.4) is 0 Å². The van der Waals surface area contributed by atoms with E-state index in [0.717, 1.165) is 29.8 Å². The van der Waals surface area contributed by atoms with Gasteiger partial charge in [-0.2, -0.15) is 0 Å². The molecule has 0 radical (unpaired) electrons. The molecule has 3 nitrogen and oxygen atoms in total. The predicted octanol–water partition coefficient (Wildman–Crippen LogP) is 3.09. The Kier molecular flexibility index (Phi) is 3.37. The summed E-state index contributed by atoms with van der Waals surface area (Å²) in [5, 5.41) is 14.0. The predicted molar refractivity (Wildman–Crippen MR) is 73.6 cm³/mol. The van der Waals surface area contributed by atoms with Gasteiger partial charge in [-0.3, -0.25) is 0 Å². The summed E-state index contributed by atoms with van der Waals surface area (Å²) in [4.78, 5) is 1.02. The third-order valence-corrected chi connectivity index (χ3v) is 5.97. The summed E-state index contributed by atoms with van der Waals surface area (Å²) in [6.45, 7) is 3.35. The molecule has 1 spiro atoms. The maximum absolute atomic E-state index is 10.1. The second-order valence-corrected chi connectivity index (χ2v) is 7.06. The summed E-state index contributed by atoms with van der Waals surface area (Å²) in [5.74, 6) is 0. The van der Waals surface area contributed by atoms with Crippen molar-refractivity contribution in [2.45, 2.75) is 37.5 Å². The van der Waals surface area contributed by atoms with Crippen molar-refractivity contribution in [2.75, 3.05) is 13.2 Å². The first kappa shape index (κ1) is 13.2. The van der Waals surface area contributed by atoms with Gasteiger partial charge >= 0.3 is 0 Å². The quantitative estimate of drug-likeness (QED) is 0.774. The van der Waals surface area contributed by atoms with Gasteiger partial charge < -0.3 is 15.2 Å². The minimum atomic E-state index is -0.660. The van der Waals surface area contributed by atoms with Crippen LogP contribution < -0.4 is 5.32 Å². The lowest BCUT2D eigenvalue weighted by atomic mass is 9.82. The molecule has 2 aliphatic rings. The molecule has 0 saturated carbocycles. The molecule has 0 aromatic carbocycles. The molecule has 100 valence electrons. The second kappa shape index (κ2) is 4.62. The third-order valence-electron chi connectivity index (χ3n) is 3.77. The lowest BCUT2D eigenvalue weighted by Gasteiger charge is -2.43. The van der Waals surface area contributed by atoms with Crippen LogP contribution in [0.5, 0.6) is 0 Å². The second-order valence-electron chi connectivity index (χ2n) is 5.06. The summed E-state index contributed by atoms with van der Waals surface area (Å²) >= 11 is 13.8. The fourth-order valence-corrected chi connectivity index (χ4v) is 4.83. The number of aliphatic hydroxyl groups is 1. The van der Waals surface area contributed by atoms with Crippen molar-refractivity contribution >= 4 is 34.5 Å². The van der Waals surface area contributed by atoms with E-state index in [0.29, 0.717) is 22.0 Å². The largest absolute Gasteiger partial charge is 0.386 e. The molecule has 0 aliphatic carbocycles. The van der Waals surface area contributed by atoms with E-state index >= 15 is 0 Å². The molecular weight excluding hydrogens is 293 g/mol. The number of aliphatic hydroxyl groups excluding tert-OH is 1. The van der Waals surface area contributed by atoms with Crippen LogP contribution in [0.15, 0.2) is 0 Å². The topological polar surface area (TPSA) is 41.5 Å². The molecule has 2 N–H and O–H groups in total. The Morgan fingerprint density at radius 3 is 3.00 bits per heavy atom. The Morgan fingerprint density at radius 2 is 2.28 bits per heavy atom. The van der Waals surface area contributed by atoms with Gasteiger partial charge in [-0.15, -0.1) is 11.3 Å². The maximum Gasteiger partial charge on any atom is 0.112 e. The van der Waals surface area contributed by atoms with Crippen LogP contribution in [0.1, 0.15) is 36.3 Å². The zero-order valence-electron chi connectivity index (χ0n) is 10.0. The number of hydrogen-bond acceptors (Lipinski definition) is 4. The number of thiophene rings is 1. The Bertz CT molecular complexity index is 479. The Balaban J connectivity index is 2.10. The number of halogens is 2. The number of fused-ring (bicyclic) bond motifs is 2. The van der Waals surface area contributed by atoms with Crippen LogP contribution >= 0.6 is 34.5 Å². The van der Waals surface area contributed by atoms with Crippen molar-refractivity contribution in [3.8, 4) is 0 Å². The fraction of sp³-hybridized carbons (Fsp3) is 0.667. The first-order valence-electron chi connectivity index (χ1n) is 6.07. The molecule has 1 aromatic rings. The minimum Gasteiger partial charge on any atom is -0.386 e. The van der Waals surface area contributed by atoms with Crippen molar-refractivity contribution in [2.24, 2.45) is 0 Å². The van der Waals surface area contributed by atoms with Crippen LogP contribution in [-0.4, -0.2) is 24.3 Å². The first-order chi connectivity index (χ1) is 8.53. The van der Waals surface area contributed by atoms with E-state index in [-0.39, 0.29) is 5.60 Å². The molecule has 6 heteroatoms. The first-order valence-corrected chi connectivity index (χ1v) is 7.64. The summed E-state index contributed by atoms with van der Waals surface area (Å²) in [5.41, 5.74) is 0.466. The summed E-state index contributed by atoms with van der Waals surface area (Å²) in [6, 6.07) is 0.390. The number of hydrogen-bond donors (Lipinski definition) is 2. The summed E-state index contributed by atoms with van der Waals surface area (Å²) < 4.78 is 6.54.